The molecule has 0 aliphatic heterocycles. The Morgan fingerprint density at radius 1 is 1.00 bits per heavy atom. The van der Waals surface area contributed by atoms with Gasteiger partial charge in [-0.05, 0) is 61.2 Å². The predicted octanol–water partition coefficient (Wildman–Crippen LogP) is 2.67. The van der Waals surface area contributed by atoms with Crippen molar-refractivity contribution in [3.63, 3.8) is 0 Å². The Labute approximate surface area is 139 Å². The van der Waals surface area contributed by atoms with E-state index in [1.165, 1.54) is 25.2 Å². The molecule has 0 radical (unpaired) electrons. The summed E-state index contributed by atoms with van der Waals surface area (Å²) in [5.74, 6) is 0. The van der Waals surface area contributed by atoms with Crippen molar-refractivity contribution >= 4 is 26.8 Å². The maximum Gasteiger partial charge on any atom is 0.264 e. The summed E-state index contributed by atoms with van der Waals surface area (Å²) < 4.78 is 49.2. The summed E-state index contributed by atoms with van der Waals surface area (Å²) in [5, 5.41) is 0. The van der Waals surface area contributed by atoms with Gasteiger partial charge in [-0.15, -0.1) is 0 Å². The largest absolute Gasteiger partial charge is 0.768 e. The van der Waals surface area contributed by atoms with Gasteiger partial charge in [0.25, 0.3) is 10.0 Å². The zero-order valence-electron chi connectivity index (χ0n) is 13.4. The van der Waals surface area contributed by atoms with Gasteiger partial charge in [0.05, 0.1) is 10.6 Å². The lowest BCUT2D eigenvalue weighted by Crippen LogP contribution is -2.27. The van der Waals surface area contributed by atoms with Crippen LogP contribution in [0, 0.1) is 20.8 Å². The number of hydrogen-bond acceptors (Lipinski definition) is 4. The van der Waals surface area contributed by atoms with Gasteiger partial charge in [0.1, 0.15) is 0 Å². The second-order valence-corrected chi connectivity index (χ2v) is 8.30. The zero-order valence-corrected chi connectivity index (χ0v) is 15.0. The van der Waals surface area contributed by atoms with Gasteiger partial charge in [0.15, 0.2) is 0 Å². The summed E-state index contributed by atoms with van der Waals surface area (Å²) in [6.45, 7) is 5.30. The smallest absolute Gasteiger partial charge is 0.264 e. The number of rotatable bonds is 4. The van der Waals surface area contributed by atoms with Gasteiger partial charge in [-0.3, -0.25) is 8.51 Å². The summed E-state index contributed by atoms with van der Waals surface area (Å²) in [6.07, 6.45) is 0. The molecule has 0 aliphatic carbocycles. The Hall–Kier alpha value is -1.70. The van der Waals surface area contributed by atoms with Crippen LogP contribution in [0.15, 0.2) is 46.2 Å². The third-order valence-electron chi connectivity index (χ3n) is 3.69. The summed E-state index contributed by atoms with van der Waals surface area (Å²) in [6, 6.07) is 9.58. The molecular formula is C16H18NO4S2-. The summed E-state index contributed by atoms with van der Waals surface area (Å²) >= 11 is -2.42. The predicted molar refractivity (Wildman–Crippen MR) is 89.9 cm³/mol. The van der Waals surface area contributed by atoms with E-state index in [4.69, 9.17) is 0 Å². The van der Waals surface area contributed by atoms with Crippen molar-refractivity contribution in [1.29, 1.82) is 0 Å². The minimum absolute atomic E-state index is 0.0940. The van der Waals surface area contributed by atoms with E-state index in [2.05, 4.69) is 0 Å². The van der Waals surface area contributed by atoms with E-state index in [9.17, 15) is 17.2 Å². The normalized spacial score (nSPS) is 12.9. The summed E-state index contributed by atoms with van der Waals surface area (Å²) in [7, 11) is -2.33. The molecule has 0 amide bonds. The van der Waals surface area contributed by atoms with Crippen LogP contribution in [0.1, 0.15) is 16.7 Å². The quantitative estimate of drug-likeness (QED) is 0.793. The number of sulfonamides is 1. The lowest BCUT2D eigenvalue weighted by molar-refractivity contribution is 0.536. The van der Waals surface area contributed by atoms with Crippen LogP contribution in [-0.2, 0) is 21.1 Å². The highest BCUT2D eigenvalue weighted by molar-refractivity contribution is 7.92. The van der Waals surface area contributed by atoms with Gasteiger partial charge >= 0.3 is 0 Å². The standard InChI is InChI=1S/C16H19NO4S2/c1-11-5-7-14(8-6-11)23(20,21)17(4)15-10-16(22(18)19)13(3)9-12(15)2/h5-10H,1-4H3,(H,18,19)/p-1. The Morgan fingerprint density at radius 3 is 2.09 bits per heavy atom. The van der Waals surface area contributed by atoms with E-state index >= 15 is 0 Å². The maximum absolute atomic E-state index is 12.7. The number of aryl methyl sites for hydroxylation is 3. The molecule has 0 spiro atoms. The molecule has 0 aliphatic rings. The fourth-order valence-electron chi connectivity index (χ4n) is 2.34. The van der Waals surface area contributed by atoms with E-state index in [-0.39, 0.29) is 9.79 Å². The highest BCUT2D eigenvalue weighted by Crippen LogP contribution is 2.29. The number of benzene rings is 2. The topological polar surface area (TPSA) is 77.5 Å². The van der Waals surface area contributed by atoms with Crippen molar-refractivity contribution in [3.8, 4) is 0 Å². The first-order valence-electron chi connectivity index (χ1n) is 6.90. The van der Waals surface area contributed by atoms with Crippen LogP contribution in [0.3, 0.4) is 0 Å². The zero-order chi connectivity index (χ0) is 17.4. The molecule has 5 nitrogen and oxygen atoms in total. The molecule has 23 heavy (non-hydrogen) atoms. The average molecular weight is 352 g/mol. The number of anilines is 1. The van der Waals surface area contributed by atoms with Gasteiger partial charge in [-0.2, -0.15) is 0 Å². The maximum atomic E-state index is 12.7. The molecule has 2 rings (SSSR count). The van der Waals surface area contributed by atoms with E-state index in [1.54, 1.807) is 32.0 Å². The molecule has 0 saturated carbocycles. The lowest BCUT2D eigenvalue weighted by atomic mass is 10.1. The molecule has 1 atom stereocenters. The van der Waals surface area contributed by atoms with Gasteiger partial charge < -0.3 is 4.55 Å². The van der Waals surface area contributed by atoms with Crippen LogP contribution in [0.5, 0.6) is 0 Å². The average Bonchev–Trinajstić information content (AvgIpc) is 2.46. The van der Waals surface area contributed by atoms with Crippen LogP contribution in [-0.4, -0.2) is 24.2 Å². The van der Waals surface area contributed by atoms with E-state index in [0.29, 0.717) is 16.8 Å². The Morgan fingerprint density at radius 2 is 1.57 bits per heavy atom. The van der Waals surface area contributed by atoms with Crippen molar-refractivity contribution in [2.45, 2.75) is 30.6 Å². The van der Waals surface area contributed by atoms with E-state index in [0.717, 1.165) is 9.87 Å². The summed E-state index contributed by atoms with van der Waals surface area (Å²) in [4.78, 5) is 0.256. The molecule has 0 heterocycles. The van der Waals surface area contributed by atoms with Crippen LogP contribution < -0.4 is 4.31 Å². The van der Waals surface area contributed by atoms with Gasteiger partial charge in [0.2, 0.25) is 0 Å². The molecule has 0 N–H and O–H groups in total. The van der Waals surface area contributed by atoms with Crippen molar-refractivity contribution in [3.05, 3.63) is 53.1 Å². The second kappa shape index (κ2) is 6.43. The molecule has 0 aromatic heterocycles. The van der Waals surface area contributed by atoms with E-state index < -0.39 is 21.1 Å². The Bertz CT molecular complexity index is 858. The molecule has 124 valence electrons. The Kier molecular flexibility index (Phi) is 4.93. The monoisotopic (exact) mass is 352 g/mol. The Balaban J connectivity index is 2.55. The SMILES string of the molecule is Cc1ccc(S(=O)(=O)N(C)c2cc(S(=O)[O-])c(C)cc2C)cc1. The molecule has 0 fully saturated rings. The van der Waals surface area contributed by atoms with Crippen LogP contribution in [0.4, 0.5) is 5.69 Å². The first-order valence-corrected chi connectivity index (χ1v) is 9.42. The van der Waals surface area contributed by atoms with Crippen LogP contribution >= 0.6 is 0 Å². The third kappa shape index (κ3) is 3.46. The molecule has 7 heteroatoms. The first-order chi connectivity index (χ1) is 10.6. The fraction of sp³-hybridized carbons (Fsp3) is 0.250. The van der Waals surface area contributed by atoms with Crippen molar-refractivity contribution in [1.82, 2.24) is 0 Å². The highest BCUT2D eigenvalue weighted by atomic mass is 32.2. The van der Waals surface area contributed by atoms with Crippen molar-refractivity contribution in [2.75, 3.05) is 11.4 Å². The highest BCUT2D eigenvalue weighted by Gasteiger charge is 2.23. The third-order valence-corrected chi connectivity index (χ3v) is 6.28. The molecule has 2 aromatic rings. The van der Waals surface area contributed by atoms with Crippen LogP contribution in [0.25, 0.3) is 0 Å². The molecule has 0 saturated heterocycles. The van der Waals surface area contributed by atoms with Gasteiger partial charge in [-0.25, -0.2) is 8.42 Å². The molecular weight excluding hydrogens is 334 g/mol. The van der Waals surface area contributed by atoms with Crippen molar-refractivity contribution in [2.24, 2.45) is 0 Å². The van der Waals surface area contributed by atoms with Gasteiger partial charge in [0, 0.05) is 11.9 Å². The molecule has 0 bridgehead atoms. The summed E-state index contributed by atoms with van der Waals surface area (Å²) in [5.41, 5.74) is 2.58. The van der Waals surface area contributed by atoms with E-state index in [1.807, 2.05) is 6.92 Å². The van der Waals surface area contributed by atoms with Gasteiger partial charge in [-0.1, -0.05) is 23.8 Å². The van der Waals surface area contributed by atoms with Crippen LogP contribution in [0.2, 0.25) is 0 Å². The lowest BCUT2D eigenvalue weighted by Gasteiger charge is -2.23. The minimum Gasteiger partial charge on any atom is -0.768 e. The number of nitrogens with zero attached hydrogens (tertiary/aromatic N) is 1. The fourth-order valence-corrected chi connectivity index (χ4v) is 4.12. The number of hydrogen-bond donors (Lipinski definition) is 0. The minimum atomic E-state index is -3.75. The second-order valence-electron chi connectivity index (χ2n) is 5.42. The van der Waals surface area contributed by atoms with Crippen molar-refractivity contribution < 1.29 is 17.2 Å². The molecule has 1 unspecified atom stereocenters. The molecule has 2 aromatic carbocycles. The first kappa shape index (κ1) is 17.7.